The first-order chi connectivity index (χ1) is 31.1. The Morgan fingerprint density at radius 2 is 1.05 bits per heavy atom. The minimum atomic E-state index is -0.682. The van der Waals surface area contributed by atoms with Crippen molar-refractivity contribution in [3.63, 3.8) is 0 Å². The summed E-state index contributed by atoms with van der Waals surface area (Å²) in [6.07, 6.45) is 3.60. The summed E-state index contributed by atoms with van der Waals surface area (Å²) in [5, 5.41) is 5.24. The fraction of sp³-hybridized carbons (Fsp3) is 0.440. The van der Waals surface area contributed by atoms with E-state index in [1.54, 1.807) is 37.5 Å². The quantitative estimate of drug-likeness (QED) is 0.105. The number of aromatic amines is 2. The summed E-state index contributed by atoms with van der Waals surface area (Å²) in [6.45, 7) is 15.0. The van der Waals surface area contributed by atoms with Crippen LogP contribution in [0.5, 0.6) is 0 Å². The second-order valence-corrected chi connectivity index (χ2v) is 18.9. The van der Waals surface area contributed by atoms with Crippen LogP contribution in [0.15, 0.2) is 83.2 Å². The molecular formula is C50H61N9O6. The number of likely N-dealkylation sites (tertiary alicyclic amines) is 2. The zero-order chi connectivity index (χ0) is 46.3. The van der Waals surface area contributed by atoms with Crippen LogP contribution in [0.1, 0.15) is 139 Å². The average Bonchev–Trinajstić information content (AvgIpc) is 4.14. The number of rotatable bonds is 9. The van der Waals surface area contributed by atoms with E-state index < -0.39 is 12.2 Å². The van der Waals surface area contributed by atoms with E-state index in [1.165, 1.54) is 19.8 Å². The third kappa shape index (κ3) is 8.92. The first-order valence-electron chi connectivity index (χ1n) is 22.6. The molecule has 4 atom stereocenters. The lowest BCUT2D eigenvalue weighted by molar-refractivity contribution is -0.129. The van der Waals surface area contributed by atoms with Crippen LogP contribution in [0.2, 0.25) is 0 Å². The van der Waals surface area contributed by atoms with Gasteiger partial charge in [-0.3, -0.25) is 20.2 Å². The molecule has 8 rings (SSSR count). The highest BCUT2D eigenvalue weighted by Crippen LogP contribution is 2.48. The number of hydrogen-bond acceptors (Lipinski definition) is 9. The topological polar surface area (TPSA) is 178 Å². The van der Waals surface area contributed by atoms with Gasteiger partial charge in [0.25, 0.3) is 11.8 Å². The lowest BCUT2D eigenvalue weighted by Gasteiger charge is -2.34. The van der Waals surface area contributed by atoms with Crippen molar-refractivity contribution in [2.45, 2.75) is 117 Å². The van der Waals surface area contributed by atoms with Gasteiger partial charge in [0.1, 0.15) is 23.0 Å². The summed E-state index contributed by atoms with van der Waals surface area (Å²) >= 11 is 0. The maximum absolute atomic E-state index is 13.8. The van der Waals surface area contributed by atoms with Crippen LogP contribution in [0, 0.1) is 0 Å². The molecule has 5 aromatic rings. The van der Waals surface area contributed by atoms with Crippen LogP contribution in [0.25, 0.3) is 22.1 Å². The van der Waals surface area contributed by atoms with Gasteiger partial charge in [0.2, 0.25) is 0 Å². The standard InChI is InChI=1S/C50H61N9O6/c1-28(2)42(55-48(62)64-8)46(60)57-24-10-12-40(57)44-51-34-20-14-30(26-36(34)53-44)38-22-23-39(59(38)33-18-16-32(17-19-33)50(5,6)7)31-15-21-35-37(27-31)54-45(52-35)41-13-11-25-58(41)47(61)43(29(3)4)56-49(63)65-9/h14-21,26-27,38-41H,10-13,22-25H2,1-9H3,(H,51,53)(H,52,54)(H,55,62)(H,56,63)/t38-,39-,40-,41?/m0/s1. The van der Waals surface area contributed by atoms with Crippen molar-refractivity contribution >= 4 is 51.8 Å². The Balaban J connectivity index is 1.09. The highest BCUT2D eigenvalue weighted by molar-refractivity contribution is 5.98. The molecule has 0 saturated carbocycles. The number of ether oxygens (including phenoxy) is 2. The molecule has 0 spiro atoms. The highest BCUT2D eigenvalue weighted by atomic mass is 16.5. The van der Waals surface area contributed by atoms with E-state index in [9.17, 15) is 19.2 Å². The third-order valence-corrected chi connectivity index (χ3v) is 13.1. The number of aromatic nitrogens is 4. The molecule has 15 nitrogen and oxygen atoms in total. The zero-order valence-electron chi connectivity index (χ0n) is 38.9. The van der Waals surface area contributed by atoms with Crippen molar-refractivity contribution in [2.24, 2.45) is 0 Å². The van der Waals surface area contributed by atoms with Gasteiger partial charge in [0.05, 0.1) is 60.5 Å². The summed E-state index contributed by atoms with van der Waals surface area (Å²) < 4.78 is 9.59. The molecule has 3 aromatic carbocycles. The number of fused-ring (bicyclic) bond motifs is 2. The molecule has 342 valence electrons. The molecule has 2 aromatic heterocycles. The fourth-order valence-corrected chi connectivity index (χ4v) is 9.75. The minimum Gasteiger partial charge on any atom is -0.453 e. The Labute approximate surface area is 380 Å². The number of benzene rings is 3. The summed E-state index contributed by atoms with van der Waals surface area (Å²) in [7, 11) is 2.56. The largest absolute Gasteiger partial charge is 0.453 e. The maximum atomic E-state index is 13.8. The van der Waals surface area contributed by atoms with Gasteiger partial charge in [0.15, 0.2) is 0 Å². The number of H-pyrrole nitrogens is 2. The molecule has 15 heteroatoms. The fourth-order valence-electron chi connectivity index (χ4n) is 9.75. The van der Waals surface area contributed by atoms with Crippen LogP contribution >= 0.6 is 0 Å². The van der Waals surface area contributed by atoms with Gasteiger partial charge in [0, 0.05) is 18.8 Å². The second-order valence-electron chi connectivity index (χ2n) is 18.9. The molecule has 0 radical (unpaired) electrons. The summed E-state index contributed by atoms with van der Waals surface area (Å²) in [4.78, 5) is 75.2. The van der Waals surface area contributed by atoms with E-state index in [4.69, 9.17) is 19.4 Å². The molecule has 3 saturated heterocycles. The van der Waals surface area contributed by atoms with Crippen LogP contribution in [-0.4, -0.2) is 81.0 Å². The summed E-state index contributed by atoms with van der Waals surface area (Å²) in [5.41, 5.74) is 10.0. The number of hydrogen-bond donors (Lipinski definition) is 4. The number of methoxy groups -OCH3 is 2. The van der Waals surface area contributed by atoms with Crippen molar-refractivity contribution in [1.29, 1.82) is 0 Å². The molecule has 3 fully saturated rings. The van der Waals surface area contributed by atoms with E-state index in [2.05, 4.69) is 107 Å². The van der Waals surface area contributed by atoms with Gasteiger partial charge in [-0.25, -0.2) is 19.6 Å². The van der Waals surface area contributed by atoms with Crippen LogP contribution in [-0.2, 0) is 24.5 Å². The first kappa shape index (κ1) is 44.9. The van der Waals surface area contributed by atoms with E-state index in [-0.39, 0.29) is 52.8 Å². The Bertz CT molecular complexity index is 2540. The molecule has 3 aliphatic rings. The minimum absolute atomic E-state index is 0.00422. The molecule has 0 bridgehead atoms. The van der Waals surface area contributed by atoms with Gasteiger partial charge in [-0.05, 0) is 136 Å². The van der Waals surface area contributed by atoms with Gasteiger partial charge in [-0.2, -0.15) is 0 Å². The third-order valence-electron chi connectivity index (χ3n) is 13.1. The molecular weight excluding hydrogens is 823 g/mol. The second kappa shape index (κ2) is 18.1. The van der Waals surface area contributed by atoms with Gasteiger partial charge >= 0.3 is 12.2 Å². The van der Waals surface area contributed by atoms with Crippen LogP contribution < -0.4 is 15.5 Å². The molecule has 65 heavy (non-hydrogen) atoms. The summed E-state index contributed by atoms with van der Waals surface area (Å²) in [6, 6.07) is 21.4. The number of alkyl carbamates (subject to hydrolysis) is 2. The van der Waals surface area contributed by atoms with E-state index in [1.807, 2.05) is 0 Å². The number of carbonyl (C=O) groups is 4. The lowest BCUT2D eigenvalue weighted by Crippen LogP contribution is -2.39. The normalized spacial score (nSPS) is 19.7. The van der Waals surface area contributed by atoms with Gasteiger partial charge in [-0.15, -0.1) is 0 Å². The predicted molar refractivity (Wildman–Crippen MR) is 250 cm³/mol. The molecule has 1 unspecified atom stereocenters. The van der Waals surface area contributed by atoms with E-state index in [0.717, 1.165) is 89.1 Å². The van der Waals surface area contributed by atoms with Crippen molar-refractivity contribution in [3.05, 3.63) is 112 Å². The predicted octanol–water partition coefficient (Wildman–Crippen LogP) is 9.45. The Kier molecular flexibility index (Phi) is 12.5. The molecule has 3 aliphatic heterocycles. The monoisotopic (exact) mass is 883 g/mol. The van der Waals surface area contributed by atoms with Crippen molar-refractivity contribution in [2.75, 3.05) is 32.2 Å². The number of amides is 4. The van der Waals surface area contributed by atoms with Gasteiger partial charge in [-0.1, -0.05) is 45.0 Å². The SMILES string of the molecule is COC(=O)NC(C(=O)N1CCCC1c1nc2ccc([C@@H]3CC[C@@H](c4ccc5nc([C@@H]6CCCN6C(=O)C(NC(=O)OC)=C(C)C)[nH]c5c4)N3c3ccc(C(C)(C)C)cc3)cc2[nH]1)=C(C)C. The van der Waals surface area contributed by atoms with Crippen LogP contribution in [0.4, 0.5) is 15.3 Å². The molecule has 0 aliphatic carbocycles. The number of nitrogens with one attached hydrogen (secondary N) is 4. The van der Waals surface area contributed by atoms with E-state index >= 15 is 0 Å². The lowest BCUT2D eigenvalue weighted by atomic mass is 9.87. The number of carbonyl (C=O) groups excluding carboxylic acids is 4. The zero-order valence-corrected chi connectivity index (χ0v) is 38.9. The average molecular weight is 884 g/mol. The number of allylic oxidation sites excluding steroid dienone is 2. The van der Waals surface area contributed by atoms with Crippen LogP contribution in [0.3, 0.4) is 0 Å². The van der Waals surface area contributed by atoms with E-state index in [0.29, 0.717) is 24.2 Å². The molecule has 4 N–H and O–H groups in total. The summed E-state index contributed by atoms with van der Waals surface area (Å²) in [5.74, 6) is 0.932. The highest BCUT2D eigenvalue weighted by Gasteiger charge is 2.39. The van der Waals surface area contributed by atoms with Crippen molar-refractivity contribution in [1.82, 2.24) is 40.4 Å². The Morgan fingerprint density at radius 3 is 1.43 bits per heavy atom. The Morgan fingerprint density at radius 1 is 0.615 bits per heavy atom. The number of anilines is 1. The van der Waals surface area contributed by atoms with Crippen molar-refractivity contribution in [3.8, 4) is 0 Å². The van der Waals surface area contributed by atoms with Crippen molar-refractivity contribution < 1.29 is 28.7 Å². The molecule has 5 heterocycles. The smallest absolute Gasteiger partial charge is 0.411 e. The first-order valence-corrected chi connectivity index (χ1v) is 22.6. The van der Waals surface area contributed by atoms with Gasteiger partial charge < -0.3 is 34.1 Å². The Hall–Kier alpha value is -6.64. The molecule has 4 amide bonds. The number of imidazole rings is 2. The maximum Gasteiger partial charge on any atom is 0.411 e. The number of nitrogens with zero attached hydrogens (tertiary/aromatic N) is 5.